The molecule has 1 aromatic heterocycles. The van der Waals surface area contributed by atoms with Gasteiger partial charge in [0.2, 0.25) is 5.92 Å². The maximum Gasteiger partial charge on any atom is 0.249 e. The number of aryl methyl sites for hydroxylation is 1. The van der Waals surface area contributed by atoms with Crippen molar-refractivity contribution in [3.05, 3.63) is 18.0 Å². The van der Waals surface area contributed by atoms with Gasteiger partial charge in [0.25, 0.3) is 0 Å². The van der Waals surface area contributed by atoms with Crippen LogP contribution in [0.5, 0.6) is 0 Å². The molecule has 0 aliphatic heterocycles. The zero-order valence-corrected chi connectivity index (χ0v) is 10.7. The van der Waals surface area contributed by atoms with E-state index in [4.69, 9.17) is 0 Å². The van der Waals surface area contributed by atoms with Gasteiger partial charge in [0.1, 0.15) is 0 Å². The van der Waals surface area contributed by atoms with Crippen LogP contribution in [0.15, 0.2) is 12.3 Å². The summed E-state index contributed by atoms with van der Waals surface area (Å²) in [4.78, 5) is 0. The molecule has 0 N–H and O–H groups in total. The lowest BCUT2D eigenvalue weighted by molar-refractivity contribution is -0.0289. The molecule has 98 valence electrons. The van der Waals surface area contributed by atoms with Gasteiger partial charge in [-0.3, -0.25) is 4.68 Å². The third kappa shape index (κ3) is 2.85. The van der Waals surface area contributed by atoms with E-state index >= 15 is 0 Å². The molecule has 0 aromatic carbocycles. The summed E-state index contributed by atoms with van der Waals surface area (Å²) < 4.78 is 29.3. The van der Waals surface area contributed by atoms with Crippen molar-refractivity contribution >= 4 is 0 Å². The van der Waals surface area contributed by atoms with E-state index < -0.39 is 5.92 Å². The van der Waals surface area contributed by atoms with Crippen LogP contribution in [0.25, 0.3) is 0 Å². The van der Waals surface area contributed by atoms with E-state index in [1.807, 2.05) is 26.2 Å². The molecule has 3 unspecified atom stereocenters. The normalized spacial score (nSPS) is 33.4. The largest absolute Gasteiger partial charge is 0.276 e. The topological polar surface area (TPSA) is 17.8 Å². The Labute approximate surface area is 102 Å². The van der Waals surface area contributed by atoms with Crippen molar-refractivity contribution in [2.75, 3.05) is 0 Å². The Kier molecular flexibility index (Phi) is 3.23. The van der Waals surface area contributed by atoms with Crippen molar-refractivity contribution in [3.8, 4) is 0 Å². The lowest BCUT2D eigenvalue weighted by Crippen LogP contribution is -2.20. The molecule has 1 heterocycles. The first-order valence-electron chi connectivity index (χ1n) is 6.25. The monoisotopic (exact) mass is 244 g/mol. The zero-order valence-electron chi connectivity index (χ0n) is 10.7. The molecule has 0 radical (unpaired) electrons. The Morgan fingerprint density at radius 3 is 2.65 bits per heavy atom. The van der Waals surface area contributed by atoms with Crippen molar-refractivity contribution in [2.45, 2.75) is 45.0 Å². The van der Waals surface area contributed by atoms with Gasteiger partial charge in [-0.05, 0) is 24.3 Å². The SMILES string of the molecule is CC1CC(c2ccn(C)n2)CC(F)(F)CC1C.[HH]. The standard InChI is InChI=1S/C13H20F2N2.H2/c1-9-6-11(12-4-5-17(3)16-12)8-13(14,15)7-10(9)2;/h4-5,9-11H,6-8H2,1-3H3;1H. The van der Waals surface area contributed by atoms with Gasteiger partial charge in [0.05, 0.1) is 5.69 Å². The van der Waals surface area contributed by atoms with Crippen LogP contribution >= 0.6 is 0 Å². The van der Waals surface area contributed by atoms with E-state index in [1.165, 1.54) is 0 Å². The first kappa shape index (κ1) is 12.5. The maximum absolute atomic E-state index is 13.8. The quantitative estimate of drug-likeness (QED) is 0.686. The zero-order chi connectivity index (χ0) is 12.6. The summed E-state index contributed by atoms with van der Waals surface area (Å²) >= 11 is 0. The molecule has 3 atom stereocenters. The first-order valence-corrected chi connectivity index (χ1v) is 6.25. The summed E-state index contributed by atoms with van der Waals surface area (Å²) in [5.74, 6) is -2.24. The van der Waals surface area contributed by atoms with Crippen LogP contribution in [0.1, 0.15) is 46.1 Å². The van der Waals surface area contributed by atoms with Gasteiger partial charge in [-0.25, -0.2) is 8.78 Å². The molecule has 0 amide bonds. The van der Waals surface area contributed by atoms with Gasteiger partial charge in [0, 0.05) is 33.4 Å². The van der Waals surface area contributed by atoms with Crippen molar-refractivity contribution in [1.82, 2.24) is 9.78 Å². The van der Waals surface area contributed by atoms with Gasteiger partial charge in [-0.15, -0.1) is 0 Å². The Bertz CT molecular complexity index is 392. The summed E-state index contributed by atoms with van der Waals surface area (Å²) in [6.45, 7) is 4.00. The highest BCUT2D eigenvalue weighted by molar-refractivity contribution is 5.09. The molecule has 0 saturated heterocycles. The van der Waals surface area contributed by atoms with Gasteiger partial charge >= 0.3 is 0 Å². The predicted octanol–water partition coefficient (Wildman–Crippen LogP) is 3.84. The van der Waals surface area contributed by atoms with Crippen LogP contribution in [0.3, 0.4) is 0 Å². The van der Waals surface area contributed by atoms with Crippen LogP contribution in [-0.2, 0) is 7.05 Å². The van der Waals surface area contributed by atoms with Crippen LogP contribution in [0.2, 0.25) is 0 Å². The second kappa shape index (κ2) is 4.39. The Hall–Kier alpha value is -0.930. The summed E-state index contributed by atoms with van der Waals surface area (Å²) in [7, 11) is 1.82. The molecular formula is C13H22F2N2. The summed E-state index contributed by atoms with van der Waals surface area (Å²) in [5, 5.41) is 4.28. The minimum Gasteiger partial charge on any atom is -0.276 e. The number of halogens is 2. The van der Waals surface area contributed by atoms with Crippen molar-refractivity contribution in [2.24, 2.45) is 18.9 Å². The van der Waals surface area contributed by atoms with Gasteiger partial charge < -0.3 is 0 Å². The van der Waals surface area contributed by atoms with E-state index in [1.54, 1.807) is 4.68 Å². The molecule has 1 aliphatic rings. The summed E-state index contributed by atoms with van der Waals surface area (Å²) in [6.07, 6.45) is 2.59. The molecule has 4 heteroatoms. The van der Waals surface area contributed by atoms with Gasteiger partial charge in [-0.2, -0.15) is 5.10 Å². The Balaban J connectivity index is 0.00000162. The van der Waals surface area contributed by atoms with E-state index in [0.29, 0.717) is 5.92 Å². The Morgan fingerprint density at radius 2 is 2.06 bits per heavy atom. The van der Waals surface area contributed by atoms with Crippen molar-refractivity contribution < 1.29 is 10.2 Å². The molecular weight excluding hydrogens is 222 g/mol. The van der Waals surface area contributed by atoms with Crippen LogP contribution in [0.4, 0.5) is 8.78 Å². The van der Waals surface area contributed by atoms with Crippen molar-refractivity contribution in [1.29, 1.82) is 0 Å². The molecule has 1 saturated carbocycles. The number of aromatic nitrogens is 2. The maximum atomic E-state index is 13.8. The second-order valence-electron chi connectivity index (χ2n) is 5.57. The molecule has 1 aromatic rings. The van der Waals surface area contributed by atoms with E-state index in [9.17, 15) is 8.78 Å². The molecule has 0 bridgehead atoms. The van der Waals surface area contributed by atoms with Crippen molar-refractivity contribution in [3.63, 3.8) is 0 Å². The number of hydrogen-bond acceptors (Lipinski definition) is 1. The lowest BCUT2D eigenvalue weighted by atomic mass is 9.87. The average molecular weight is 244 g/mol. The Morgan fingerprint density at radius 1 is 1.35 bits per heavy atom. The minimum absolute atomic E-state index is 0. The van der Waals surface area contributed by atoms with Crippen LogP contribution in [0, 0.1) is 11.8 Å². The summed E-state index contributed by atoms with van der Waals surface area (Å²) in [6, 6.07) is 1.86. The molecule has 1 fully saturated rings. The lowest BCUT2D eigenvalue weighted by Gasteiger charge is -2.19. The molecule has 17 heavy (non-hydrogen) atoms. The number of alkyl halides is 2. The highest BCUT2D eigenvalue weighted by atomic mass is 19.3. The fraction of sp³-hybridized carbons (Fsp3) is 0.769. The van der Waals surface area contributed by atoms with Gasteiger partial charge in [-0.1, -0.05) is 13.8 Å². The van der Waals surface area contributed by atoms with Gasteiger partial charge in [0.15, 0.2) is 0 Å². The fourth-order valence-corrected chi connectivity index (χ4v) is 2.76. The highest BCUT2D eigenvalue weighted by Gasteiger charge is 2.40. The smallest absolute Gasteiger partial charge is 0.249 e. The highest BCUT2D eigenvalue weighted by Crippen LogP contribution is 2.44. The number of hydrogen-bond donors (Lipinski definition) is 0. The van der Waals surface area contributed by atoms with E-state index in [2.05, 4.69) is 12.0 Å². The van der Waals surface area contributed by atoms with Crippen LogP contribution < -0.4 is 0 Å². The molecule has 2 rings (SSSR count). The molecule has 2 nitrogen and oxygen atoms in total. The van der Waals surface area contributed by atoms with E-state index in [-0.39, 0.29) is 26.1 Å². The average Bonchev–Trinajstić information content (AvgIpc) is 2.58. The third-order valence-corrected chi connectivity index (χ3v) is 3.95. The number of rotatable bonds is 1. The molecule has 1 aliphatic carbocycles. The molecule has 0 spiro atoms. The van der Waals surface area contributed by atoms with Crippen LogP contribution in [-0.4, -0.2) is 15.7 Å². The predicted molar refractivity (Wildman–Crippen MR) is 65.2 cm³/mol. The third-order valence-electron chi connectivity index (χ3n) is 3.95. The number of nitrogens with zero attached hydrogens (tertiary/aromatic N) is 2. The second-order valence-corrected chi connectivity index (χ2v) is 5.57. The minimum atomic E-state index is -2.55. The van der Waals surface area contributed by atoms with E-state index in [0.717, 1.165) is 12.1 Å². The first-order chi connectivity index (χ1) is 7.87. The fourth-order valence-electron chi connectivity index (χ4n) is 2.76. The summed E-state index contributed by atoms with van der Waals surface area (Å²) in [5.41, 5.74) is 0.813.